The molecule has 0 radical (unpaired) electrons. The highest BCUT2D eigenvalue weighted by Crippen LogP contribution is 2.07. The van der Waals surface area contributed by atoms with Crippen LogP contribution < -0.4 is 5.73 Å². The van der Waals surface area contributed by atoms with Crippen LogP contribution in [-0.4, -0.2) is 26.3 Å². The molecule has 2 aromatic heterocycles. The summed E-state index contributed by atoms with van der Waals surface area (Å²) in [6.45, 7) is 0.510. The minimum atomic E-state index is 0.0643. The number of aliphatic hydroxyl groups is 1. The Hall–Kier alpha value is -1.46. The maximum Gasteiger partial charge on any atom is 0.160 e. The molecule has 2 rings (SSSR count). The van der Waals surface area contributed by atoms with E-state index in [1.807, 2.05) is 18.3 Å². The molecule has 14 heavy (non-hydrogen) atoms. The van der Waals surface area contributed by atoms with Crippen LogP contribution >= 0.6 is 0 Å². The number of rotatable bonds is 3. The van der Waals surface area contributed by atoms with E-state index in [0.717, 1.165) is 11.2 Å². The summed E-state index contributed by atoms with van der Waals surface area (Å²) < 4.78 is 1.69. The lowest BCUT2D eigenvalue weighted by atomic mass is 10.3. The van der Waals surface area contributed by atoms with Gasteiger partial charge in [0.2, 0.25) is 0 Å². The summed E-state index contributed by atoms with van der Waals surface area (Å²) in [5.41, 5.74) is 7.31. The van der Waals surface area contributed by atoms with Crippen molar-refractivity contribution in [1.29, 1.82) is 0 Å². The molecule has 0 saturated heterocycles. The van der Waals surface area contributed by atoms with Gasteiger partial charge in [-0.2, -0.15) is 5.10 Å². The predicted octanol–water partition coefficient (Wildman–Crippen LogP) is -0.277. The topological polar surface area (TPSA) is 76.4 Å². The number of nitrogens with two attached hydrogens (primary N) is 1. The first-order chi connectivity index (χ1) is 6.85. The van der Waals surface area contributed by atoms with Crippen LogP contribution in [0.2, 0.25) is 0 Å². The van der Waals surface area contributed by atoms with Crippen molar-refractivity contribution in [2.75, 3.05) is 6.61 Å². The van der Waals surface area contributed by atoms with E-state index in [-0.39, 0.29) is 6.61 Å². The number of aliphatic hydroxyl groups excluding tert-OH is 1. The molecule has 0 atom stereocenters. The molecule has 0 spiro atoms. The van der Waals surface area contributed by atoms with Crippen molar-refractivity contribution in [3.8, 4) is 0 Å². The van der Waals surface area contributed by atoms with Gasteiger partial charge < -0.3 is 10.8 Å². The van der Waals surface area contributed by atoms with Gasteiger partial charge in [-0.1, -0.05) is 6.07 Å². The highest BCUT2D eigenvalue weighted by atomic mass is 16.3. The Labute approximate surface area is 81.2 Å². The first kappa shape index (κ1) is 9.11. The van der Waals surface area contributed by atoms with E-state index in [0.29, 0.717) is 18.8 Å². The number of fused-ring (bicyclic) bond motifs is 1. The van der Waals surface area contributed by atoms with Crippen molar-refractivity contribution in [3.63, 3.8) is 0 Å². The molecular weight excluding hydrogens is 180 g/mol. The van der Waals surface area contributed by atoms with Crippen molar-refractivity contribution >= 4 is 5.65 Å². The first-order valence-corrected chi connectivity index (χ1v) is 4.49. The van der Waals surface area contributed by atoms with Gasteiger partial charge in [0.1, 0.15) is 0 Å². The van der Waals surface area contributed by atoms with E-state index < -0.39 is 0 Å². The van der Waals surface area contributed by atoms with E-state index >= 15 is 0 Å². The molecule has 0 bridgehead atoms. The Morgan fingerprint density at radius 1 is 1.50 bits per heavy atom. The third-order valence-corrected chi connectivity index (χ3v) is 2.04. The van der Waals surface area contributed by atoms with E-state index in [9.17, 15) is 0 Å². The van der Waals surface area contributed by atoms with Gasteiger partial charge in [0, 0.05) is 24.7 Å². The molecule has 0 saturated carbocycles. The van der Waals surface area contributed by atoms with Crippen LogP contribution in [0.3, 0.4) is 0 Å². The van der Waals surface area contributed by atoms with Gasteiger partial charge in [0.15, 0.2) is 11.5 Å². The summed E-state index contributed by atoms with van der Waals surface area (Å²) in [4.78, 5) is 4.29. The van der Waals surface area contributed by atoms with Crippen molar-refractivity contribution in [3.05, 3.63) is 29.7 Å². The van der Waals surface area contributed by atoms with E-state index in [1.165, 1.54) is 0 Å². The lowest BCUT2D eigenvalue weighted by Crippen LogP contribution is -1.99. The molecule has 0 aromatic carbocycles. The number of nitrogens with zero attached hydrogens (tertiary/aromatic N) is 3. The minimum Gasteiger partial charge on any atom is -0.396 e. The van der Waals surface area contributed by atoms with Crippen molar-refractivity contribution in [2.24, 2.45) is 5.73 Å². The van der Waals surface area contributed by atoms with Crippen molar-refractivity contribution in [1.82, 2.24) is 14.6 Å². The standard InChI is InChI=1S/C9H12N4O/c10-6-7-2-1-4-13-9(7)11-8(12-13)3-5-14/h1-2,4,14H,3,5-6,10H2. The Morgan fingerprint density at radius 3 is 3.07 bits per heavy atom. The Morgan fingerprint density at radius 2 is 2.36 bits per heavy atom. The molecule has 5 heteroatoms. The van der Waals surface area contributed by atoms with Gasteiger partial charge in [-0.15, -0.1) is 0 Å². The number of hydrogen-bond donors (Lipinski definition) is 2. The summed E-state index contributed by atoms with van der Waals surface area (Å²) >= 11 is 0. The third-order valence-electron chi connectivity index (χ3n) is 2.04. The van der Waals surface area contributed by atoms with Crippen LogP contribution in [0.15, 0.2) is 18.3 Å². The molecule has 0 aliphatic carbocycles. The van der Waals surface area contributed by atoms with E-state index in [4.69, 9.17) is 10.8 Å². The van der Waals surface area contributed by atoms with Crippen molar-refractivity contribution in [2.45, 2.75) is 13.0 Å². The quantitative estimate of drug-likeness (QED) is 0.701. The third kappa shape index (κ3) is 1.47. The van der Waals surface area contributed by atoms with E-state index in [1.54, 1.807) is 4.52 Å². The summed E-state index contributed by atoms with van der Waals surface area (Å²) in [7, 11) is 0. The SMILES string of the molecule is NCc1cccn2nc(CCO)nc12. The molecular formula is C9H12N4O. The lowest BCUT2D eigenvalue weighted by molar-refractivity contribution is 0.296. The second kappa shape index (κ2) is 3.73. The van der Waals surface area contributed by atoms with Crippen molar-refractivity contribution < 1.29 is 5.11 Å². The number of pyridine rings is 1. The number of hydrogen-bond acceptors (Lipinski definition) is 4. The molecule has 3 N–H and O–H groups in total. The van der Waals surface area contributed by atoms with E-state index in [2.05, 4.69) is 10.1 Å². The fourth-order valence-corrected chi connectivity index (χ4v) is 1.37. The van der Waals surface area contributed by atoms with Crippen LogP contribution in [0, 0.1) is 0 Å². The summed E-state index contributed by atoms with van der Waals surface area (Å²) in [5, 5.41) is 13.0. The van der Waals surface area contributed by atoms with Gasteiger partial charge in [-0.25, -0.2) is 9.50 Å². The maximum absolute atomic E-state index is 8.76. The highest BCUT2D eigenvalue weighted by molar-refractivity contribution is 5.46. The second-order valence-corrected chi connectivity index (χ2v) is 3.01. The van der Waals surface area contributed by atoms with Crippen LogP contribution in [0.4, 0.5) is 0 Å². The van der Waals surface area contributed by atoms with Gasteiger partial charge in [0.25, 0.3) is 0 Å². The Balaban J connectivity index is 2.52. The van der Waals surface area contributed by atoms with Crippen LogP contribution in [-0.2, 0) is 13.0 Å². The zero-order valence-corrected chi connectivity index (χ0v) is 7.72. The predicted molar refractivity (Wildman–Crippen MR) is 51.7 cm³/mol. The van der Waals surface area contributed by atoms with Gasteiger partial charge in [-0.05, 0) is 6.07 Å². The zero-order chi connectivity index (χ0) is 9.97. The van der Waals surface area contributed by atoms with Gasteiger partial charge in [0.05, 0.1) is 6.61 Å². The average Bonchev–Trinajstić information content (AvgIpc) is 2.60. The maximum atomic E-state index is 8.76. The molecule has 2 aromatic rings. The molecule has 0 unspecified atom stereocenters. The minimum absolute atomic E-state index is 0.0643. The van der Waals surface area contributed by atoms with Crippen LogP contribution in [0.25, 0.3) is 5.65 Å². The lowest BCUT2D eigenvalue weighted by Gasteiger charge is -1.96. The smallest absolute Gasteiger partial charge is 0.160 e. The zero-order valence-electron chi connectivity index (χ0n) is 7.72. The highest BCUT2D eigenvalue weighted by Gasteiger charge is 2.05. The second-order valence-electron chi connectivity index (χ2n) is 3.01. The summed E-state index contributed by atoms with van der Waals surface area (Å²) in [6, 6.07) is 3.80. The average molecular weight is 192 g/mol. The number of aromatic nitrogens is 3. The fourth-order valence-electron chi connectivity index (χ4n) is 1.37. The summed E-state index contributed by atoms with van der Waals surface area (Å²) in [5.74, 6) is 0.647. The molecule has 0 amide bonds. The molecule has 5 nitrogen and oxygen atoms in total. The van der Waals surface area contributed by atoms with Crippen LogP contribution in [0.1, 0.15) is 11.4 Å². The molecule has 0 aliphatic heterocycles. The molecule has 0 aliphatic rings. The fraction of sp³-hybridized carbons (Fsp3) is 0.333. The Kier molecular flexibility index (Phi) is 2.43. The molecule has 0 fully saturated rings. The van der Waals surface area contributed by atoms with Gasteiger partial charge >= 0.3 is 0 Å². The summed E-state index contributed by atoms with van der Waals surface area (Å²) in [6.07, 6.45) is 2.30. The molecule has 2 heterocycles. The first-order valence-electron chi connectivity index (χ1n) is 4.49. The Bertz CT molecular complexity index is 437. The molecule has 74 valence electrons. The van der Waals surface area contributed by atoms with Gasteiger partial charge in [-0.3, -0.25) is 0 Å². The monoisotopic (exact) mass is 192 g/mol. The van der Waals surface area contributed by atoms with Crippen LogP contribution in [0.5, 0.6) is 0 Å². The normalized spacial score (nSPS) is 11.0. The largest absolute Gasteiger partial charge is 0.396 e.